The molecule has 0 bridgehead atoms. The first kappa shape index (κ1) is 28.7. The molecule has 2 aromatic heterocycles. The number of carbonyl (C=O) groups is 2. The van der Waals surface area contributed by atoms with Crippen LogP contribution >= 0.6 is 0 Å². The van der Waals surface area contributed by atoms with Crippen LogP contribution < -0.4 is 15.4 Å². The van der Waals surface area contributed by atoms with E-state index in [-0.39, 0.29) is 36.6 Å². The minimum atomic E-state index is -1.38. The highest BCUT2D eigenvalue weighted by Crippen LogP contribution is 2.49. The highest BCUT2D eigenvalue weighted by molar-refractivity contribution is 6.16. The van der Waals surface area contributed by atoms with Crippen LogP contribution in [0.15, 0.2) is 54.7 Å². The van der Waals surface area contributed by atoms with Gasteiger partial charge in [-0.2, -0.15) is 5.10 Å². The first-order valence-corrected chi connectivity index (χ1v) is 14.3. The Balaban J connectivity index is 1.25. The highest BCUT2D eigenvalue weighted by Gasteiger charge is 2.57. The van der Waals surface area contributed by atoms with Crippen LogP contribution in [0, 0.1) is 23.0 Å². The van der Waals surface area contributed by atoms with Gasteiger partial charge in [-0.3, -0.25) is 19.6 Å². The van der Waals surface area contributed by atoms with Crippen LogP contribution in [-0.2, 0) is 16.0 Å². The van der Waals surface area contributed by atoms with Crippen molar-refractivity contribution < 1.29 is 28.2 Å². The standard InChI is InChI=1S/C31H32F2N6O4/c32-20-1-3-21(4-2-20)39(30(42)31(11-12-31)29(34)41)22-5-6-25(23(33)17-22)43-26-7-13-35-28-27(26)24(36-37-28)10-16-38-14-8-19(18-40)9-15-38/h1-7,13,17,19,40H,8-12,14-16,18H2,(H2,34,41)(H,35,36,37). The summed E-state index contributed by atoms with van der Waals surface area (Å²) in [6.07, 6.45) is 4.65. The van der Waals surface area contributed by atoms with Crippen LogP contribution in [-0.4, -0.2) is 63.2 Å². The molecule has 0 spiro atoms. The topological polar surface area (TPSA) is 138 Å². The van der Waals surface area contributed by atoms with Crippen molar-refractivity contribution in [2.24, 2.45) is 17.1 Å². The minimum Gasteiger partial charge on any atom is -0.453 e. The number of nitrogens with zero attached hydrogens (tertiary/aromatic N) is 4. The van der Waals surface area contributed by atoms with Gasteiger partial charge in [-0.05, 0) is 87.2 Å². The van der Waals surface area contributed by atoms with Gasteiger partial charge in [-0.25, -0.2) is 13.8 Å². The van der Waals surface area contributed by atoms with Crippen molar-refractivity contribution in [2.75, 3.05) is 31.1 Å². The number of hydrogen-bond donors (Lipinski definition) is 3. The molecule has 1 aliphatic heterocycles. The van der Waals surface area contributed by atoms with E-state index in [1.807, 2.05) is 0 Å². The molecule has 0 unspecified atom stereocenters. The number of halogens is 2. The Bertz CT molecular complexity index is 1650. The van der Waals surface area contributed by atoms with Gasteiger partial charge in [0.05, 0.1) is 16.8 Å². The van der Waals surface area contributed by atoms with Gasteiger partial charge in [-0.15, -0.1) is 0 Å². The first-order chi connectivity index (χ1) is 20.8. The predicted molar refractivity (Wildman–Crippen MR) is 155 cm³/mol. The molecular weight excluding hydrogens is 558 g/mol. The minimum absolute atomic E-state index is 0.0861. The van der Waals surface area contributed by atoms with Gasteiger partial charge in [0.25, 0.3) is 0 Å². The maximum Gasteiger partial charge on any atom is 0.247 e. The van der Waals surface area contributed by atoms with E-state index in [9.17, 15) is 19.1 Å². The fourth-order valence-electron chi connectivity index (χ4n) is 5.62. The molecule has 6 rings (SSSR count). The molecule has 3 heterocycles. The van der Waals surface area contributed by atoms with E-state index in [0.717, 1.165) is 44.2 Å². The average molecular weight is 591 g/mol. The smallest absolute Gasteiger partial charge is 0.247 e. The lowest BCUT2D eigenvalue weighted by Gasteiger charge is -2.30. The Kier molecular flexibility index (Phi) is 7.80. The number of aromatic amines is 1. The zero-order valence-corrected chi connectivity index (χ0v) is 23.4. The maximum atomic E-state index is 15.6. The zero-order chi connectivity index (χ0) is 30.1. The number of carbonyl (C=O) groups excluding carboxylic acids is 2. The lowest BCUT2D eigenvalue weighted by Crippen LogP contribution is -2.41. The molecule has 12 heteroatoms. The third-order valence-corrected chi connectivity index (χ3v) is 8.44. The predicted octanol–water partition coefficient (Wildman–Crippen LogP) is 4.21. The number of aliphatic hydroxyl groups is 1. The number of ether oxygens (including phenoxy) is 1. The summed E-state index contributed by atoms with van der Waals surface area (Å²) in [5.41, 5.74) is 5.84. The first-order valence-electron chi connectivity index (χ1n) is 14.3. The number of fused-ring (bicyclic) bond motifs is 1. The fraction of sp³-hybridized carbons (Fsp3) is 0.355. The molecule has 0 radical (unpaired) electrons. The van der Waals surface area contributed by atoms with Crippen molar-refractivity contribution in [3.05, 3.63) is 72.1 Å². The van der Waals surface area contributed by atoms with Gasteiger partial charge >= 0.3 is 0 Å². The number of H-pyrrole nitrogens is 1. The van der Waals surface area contributed by atoms with Crippen molar-refractivity contribution >= 4 is 34.2 Å². The van der Waals surface area contributed by atoms with E-state index in [2.05, 4.69) is 20.1 Å². The lowest BCUT2D eigenvalue weighted by atomic mass is 9.98. The molecule has 2 fully saturated rings. The number of rotatable bonds is 10. The maximum absolute atomic E-state index is 15.6. The SMILES string of the molecule is NC(=O)C1(C(=O)N(c2ccc(F)cc2)c2ccc(Oc3ccnc4[nH]nc(CCN5CCC(CO)CC5)c34)c(F)c2)CC1. The van der Waals surface area contributed by atoms with E-state index >= 15 is 4.39 Å². The quantitative estimate of drug-likeness (QED) is 0.235. The Morgan fingerprint density at radius 2 is 1.79 bits per heavy atom. The molecule has 1 saturated heterocycles. The summed E-state index contributed by atoms with van der Waals surface area (Å²) in [5, 5.41) is 17.4. The number of nitrogens with one attached hydrogen (secondary N) is 1. The van der Waals surface area contributed by atoms with Gasteiger partial charge in [0.1, 0.15) is 17.0 Å². The summed E-state index contributed by atoms with van der Waals surface area (Å²) in [6, 6.07) is 10.8. The van der Waals surface area contributed by atoms with Gasteiger partial charge < -0.3 is 20.5 Å². The van der Waals surface area contributed by atoms with E-state index < -0.39 is 28.9 Å². The normalized spacial score (nSPS) is 16.7. The monoisotopic (exact) mass is 590 g/mol. The van der Waals surface area contributed by atoms with Gasteiger partial charge in [0, 0.05) is 37.5 Å². The molecule has 10 nitrogen and oxygen atoms in total. The zero-order valence-electron chi connectivity index (χ0n) is 23.4. The molecule has 2 aliphatic rings. The van der Waals surface area contributed by atoms with Gasteiger partial charge in [0.15, 0.2) is 17.2 Å². The van der Waals surface area contributed by atoms with Crippen LogP contribution in [0.25, 0.3) is 11.0 Å². The van der Waals surface area contributed by atoms with Gasteiger partial charge in [0.2, 0.25) is 11.8 Å². The van der Waals surface area contributed by atoms with Crippen molar-refractivity contribution in [1.82, 2.24) is 20.1 Å². The molecule has 43 heavy (non-hydrogen) atoms. The summed E-state index contributed by atoms with van der Waals surface area (Å²) in [4.78, 5) is 33.6. The number of benzene rings is 2. The van der Waals surface area contributed by atoms with E-state index in [1.54, 1.807) is 12.3 Å². The highest BCUT2D eigenvalue weighted by atomic mass is 19.1. The number of likely N-dealkylation sites (tertiary alicyclic amines) is 1. The number of primary amides is 1. The summed E-state index contributed by atoms with van der Waals surface area (Å²) in [5.74, 6) is -1.96. The second kappa shape index (κ2) is 11.7. The third-order valence-electron chi connectivity index (χ3n) is 8.44. The summed E-state index contributed by atoms with van der Waals surface area (Å²) >= 11 is 0. The van der Waals surface area contributed by atoms with Crippen molar-refractivity contribution in [1.29, 1.82) is 0 Å². The molecular formula is C31H32F2N6O4. The summed E-state index contributed by atoms with van der Waals surface area (Å²) < 4.78 is 35.3. The van der Waals surface area contributed by atoms with Crippen molar-refractivity contribution in [3.63, 3.8) is 0 Å². The number of piperidine rings is 1. The summed E-state index contributed by atoms with van der Waals surface area (Å²) in [6.45, 7) is 2.81. The molecule has 1 saturated carbocycles. The molecule has 1 aliphatic carbocycles. The van der Waals surface area contributed by atoms with Crippen LogP contribution in [0.4, 0.5) is 20.2 Å². The fourth-order valence-corrected chi connectivity index (χ4v) is 5.62. The van der Waals surface area contributed by atoms with Crippen LogP contribution in [0.2, 0.25) is 0 Å². The molecule has 4 aromatic rings. The summed E-state index contributed by atoms with van der Waals surface area (Å²) in [7, 11) is 0. The Labute approximate surface area is 246 Å². The average Bonchev–Trinajstić information content (AvgIpc) is 3.73. The second-order valence-electron chi connectivity index (χ2n) is 11.2. The molecule has 4 N–H and O–H groups in total. The Hall–Kier alpha value is -4.42. The van der Waals surface area contributed by atoms with Crippen molar-refractivity contribution in [3.8, 4) is 11.5 Å². The molecule has 2 amide bonds. The van der Waals surface area contributed by atoms with Crippen LogP contribution in [0.1, 0.15) is 31.4 Å². The van der Waals surface area contributed by atoms with E-state index in [4.69, 9.17) is 10.5 Å². The molecule has 2 aromatic carbocycles. The van der Waals surface area contributed by atoms with Crippen molar-refractivity contribution in [2.45, 2.75) is 32.1 Å². The number of anilines is 2. The molecule has 0 atom stereocenters. The Morgan fingerprint density at radius 3 is 2.44 bits per heavy atom. The van der Waals surface area contributed by atoms with Crippen LogP contribution in [0.3, 0.4) is 0 Å². The van der Waals surface area contributed by atoms with E-state index in [1.165, 1.54) is 41.3 Å². The third kappa shape index (κ3) is 5.67. The van der Waals surface area contributed by atoms with E-state index in [0.29, 0.717) is 29.1 Å². The van der Waals surface area contributed by atoms with Crippen LogP contribution in [0.5, 0.6) is 11.5 Å². The number of hydrogen-bond acceptors (Lipinski definition) is 7. The largest absolute Gasteiger partial charge is 0.453 e. The Morgan fingerprint density at radius 1 is 1.07 bits per heavy atom. The number of nitrogens with two attached hydrogens (primary N) is 1. The van der Waals surface area contributed by atoms with Gasteiger partial charge in [-0.1, -0.05) is 0 Å². The number of pyridine rings is 1. The number of aromatic nitrogens is 3. The lowest BCUT2D eigenvalue weighted by molar-refractivity contribution is -0.133. The molecule has 224 valence electrons. The number of aliphatic hydroxyl groups excluding tert-OH is 1. The number of amides is 2. The second-order valence-corrected chi connectivity index (χ2v) is 11.2.